The Labute approximate surface area is 200 Å². The lowest BCUT2D eigenvalue weighted by Gasteiger charge is -2.08. The molecule has 180 valence electrons. The first-order chi connectivity index (χ1) is 16.6. The fourth-order valence-corrected chi connectivity index (χ4v) is 4.64. The topological polar surface area (TPSA) is 139 Å². The quantitative estimate of drug-likeness (QED) is 0.282. The van der Waals surface area contributed by atoms with E-state index in [1.807, 2.05) is 0 Å². The van der Waals surface area contributed by atoms with Crippen molar-refractivity contribution >= 4 is 21.8 Å². The van der Waals surface area contributed by atoms with Gasteiger partial charge in [-0.2, -0.15) is 0 Å². The minimum absolute atomic E-state index is 0.00453. The summed E-state index contributed by atoms with van der Waals surface area (Å²) in [4.78, 5) is 24.7. The number of nitrogens with zero attached hydrogens (tertiary/aromatic N) is 2. The number of carbonyl (C=O) groups excluding carboxylic acids is 2. The highest BCUT2D eigenvalue weighted by molar-refractivity contribution is 7.91. The molecule has 0 bridgehead atoms. The number of ether oxygens (including phenoxy) is 2. The molecule has 2 aromatic heterocycles. The first-order valence-electron chi connectivity index (χ1n) is 10.3. The van der Waals surface area contributed by atoms with Crippen LogP contribution in [0.25, 0.3) is 0 Å². The van der Waals surface area contributed by atoms with E-state index in [1.54, 1.807) is 27.7 Å². The van der Waals surface area contributed by atoms with E-state index in [0.717, 1.165) is 0 Å². The molecule has 0 aliphatic rings. The summed E-state index contributed by atoms with van der Waals surface area (Å²) in [5.74, 6) is -0.330. The van der Waals surface area contributed by atoms with Gasteiger partial charge >= 0.3 is 11.9 Å². The zero-order valence-corrected chi connectivity index (χ0v) is 20.0. The summed E-state index contributed by atoms with van der Waals surface area (Å²) in [6.45, 7) is 6.42. The second-order valence-corrected chi connectivity index (χ2v) is 9.57. The van der Waals surface area contributed by atoms with Gasteiger partial charge in [0.15, 0.2) is 0 Å². The number of sulfone groups is 1. The monoisotopic (exact) mass is 496 g/mol. The van der Waals surface area contributed by atoms with E-state index in [-0.39, 0.29) is 32.4 Å². The second-order valence-electron chi connectivity index (χ2n) is 7.62. The fraction of sp³-hybridized carbons (Fsp3) is 0.167. The lowest BCUT2D eigenvalue weighted by molar-refractivity contribution is 0.0722. The third kappa shape index (κ3) is 4.71. The van der Waals surface area contributed by atoms with Gasteiger partial charge in [0.05, 0.1) is 21.2 Å². The molecule has 4 aromatic rings. The Morgan fingerprint density at radius 2 is 1.00 bits per heavy atom. The van der Waals surface area contributed by atoms with Crippen molar-refractivity contribution < 1.29 is 36.5 Å². The third-order valence-electron chi connectivity index (χ3n) is 5.16. The Kier molecular flexibility index (Phi) is 6.27. The molecule has 0 N–H and O–H groups in total. The van der Waals surface area contributed by atoms with Gasteiger partial charge in [0.2, 0.25) is 9.84 Å². The molecule has 0 spiro atoms. The highest BCUT2D eigenvalue weighted by atomic mass is 32.2. The summed E-state index contributed by atoms with van der Waals surface area (Å²) < 4.78 is 46.5. The lowest BCUT2D eigenvalue weighted by atomic mass is 10.2. The van der Waals surface area contributed by atoms with Gasteiger partial charge in [-0.25, -0.2) is 18.0 Å². The normalized spacial score (nSPS) is 11.3. The van der Waals surface area contributed by atoms with Crippen LogP contribution in [0, 0.1) is 27.7 Å². The van der Waals surface area contributed by atoms with Crippen LogP contribution >= 0.6 is 0 Å². The van der Waals surface area contributed by atoms with E-state index in [0.29, 0.717) is 22.9 Å². The van der Waals surface area contributed by atoms with Crippen LogP contribution in [-0.2, 0) is 9.84 Å². The van der Waals surface area contributed by atoms with Crippen LogP contribution in [0.5, 0.6) is 11.5 Å². The summed E-state index contributed by atoms with van der Waals surface area (Å²) in [6.07, 6.45) is 0. The number of benzene rings is 2. The maximum atomic E-state index is 13.0. The van der Waals surface area contributed by atoms with Crippen molar-refractivity contribution in [2.24, 2.45) is 0 Å². The average Bonchev–Trinajstić information content (AvgIpc) is 3.34. The van der Waals surface area contributed by atoms with Crippen LogP contribution in [-0.4, -0.2) is 30.7 Å². The molecule has 0 saturated carbocycles. The largest absolute Gasteiger partial charge is 0.423 e. The number of aryl methyl sites for hydroxylation is 4. The number of rotatable bonds is 6. The molecule has 0 atom stereocenters. The summed E-state index contributed by atoms with van der Waals surface area (Å²) in [5.41, 5.74) is 1.23. The van der Waals surface area contributed by atoms with Gasteiger partial charge in [-0.15, -0.1) is 0 Å². The molecule has 11 heteroatoms. The second kappa shape index (κ2) is 9.18. The molecule has 0 aliphatic carbocycles. The van der Waals surface area contributed by atoms with E-state index in [2.05, 4.69) is 10.3 Å². The average molecular weight is 496 g/mol. The van der Waals surface area contributed by atoms with Crippen molar-refractivity contribution in [2.75, 3.05) is 0 Å². The van der Waals surface area contributed by atoms with Crippen LogP contribution in [0.2, 0.25) is 0 Å². The van der Waals surface area contributed by atoms with Crippen LogP contribution < -0.4 is 9.47 Å². The molecule has 2 heterocycles. The number of aromatic nitrogens is 2. The molecule has 0 aliphatic heterocycles. The Hall–Kier alpha value is -4.25. The van der Waals surface area contributed by atoms with Gasteiger partial charge < -0.3 is 18.5 Å². The lowest BCUT2D eigenvalue weighted by Crippen LogP contribution is -2.11. The number of carbonyl (C=O) groups is 2. The van der Waals surface area contributed by atoms with Gasteiger partial charge in [-0.1, -0.05) is 10.3 Å². The summed E-state index contributed by atoms with van der Waals surface area (Å²) in [5, 5.41) is 7.42. The molecule has 4 rings (SSSR count). The van der Waals surface area contributed by atoms with Crippen LogP contribution in [0.4, 0.5) is 0 Å². The highest BCUT2D eigenvalue weighted by Crippen LogP contribution is 2.26. The first-order valence-corrected chi connectivity index (χ1v) is 11.8. The SMILES string of the molecule is Cc1noc(C)c1C(=O)Oc1ccc(S(=O)(=O)c2ccc(OC(=O)c3c(C)noc3C)cc2)cc1. The molecule has 0 radical (unpaired) electrons. The van der Waals surface area contributed by atoms with Crippen molar-refractivity contribution in [1.82, 2.24) is 10.3 Å². The zero-order chi connectivity index (χ0) is 25.3. The van der Waals surface area contributed by atoms with Crippen molar-refractivity contribution in [3.63, 3.8) is 0 Å². The summed E-state index contributed by atoms with van der Waals surface area (Å²) in [7, 11) is -3.87. The molecule has 0 amide bonds. The standard InChI is InChI=1S/C24H20N2O8S/c1-13-21(15(3)33-25-13)23(27)31-17-5-9-19(10-6-17)35(29,30)20-11-7-18(8-12-20)32-24(28)22-14(2)26-34-16(22)4/h5-12H,1-4H3. The molecule has 10 nitrogen and oxygen atoms in total. The Balaban J connectivity index is 1.47. The minimum Gasteiger partial charge on any atom is -0.423 e. The van der Waals surface area contributed by atoms with E-state index >= 15 is 0 Å². The van der Waals surface area contributed by atoms with Gasteiger partial charge in [0, 0.05) is 0 Å². The van der Waals surface area contributed by atoms with Gasteiger partial charge in [0.25, 0.3) is 0 Å². The summed E-state index contributed by atoms with van der Waals surface area (Å²) >= 11 is 0. The summed E-state index contributed by atoms with van der Waals surface area (Å²) in [6, 6.07) is 10.8. The van der Waals surface area contributed by atoms with E-state index < -0.39 is 21.8 Å². The van der Waals surface area contributed by atoms with Crippen molar-refractivity contribution in [3.05, 3.63) is 82.6 Å². The molecule has 0 saturated heterocycles. The maximum Gasteiger partial charge on any atom is 0.349 e. The fourth-order valence-electron chi connectivity index (χ4n) is 3.37. The van der Waals surface area contributed by atoms with Gasteiger partial charge in [-0.05, 0) is 76.2 Å². The van der Waals surface area contributed by atoms with Crippen LogP contribution in [0.15, 0.2) is 67.4 Å². The highest BCUT2D eigenvalue weighted by Gasteiger charge is 2.23. The molecular weight excluding hydrogens is 476 g/mol. The van der Waals surface area contributed by atoms with Crippen molar-refractivity contribution in [2.45, 2.75) is 37.5 Å². The molecule has 35 heavy (non-hydrogen) atoms. The Bertz CT molecular complexity index is 1370. The predicted octanol–water partition coefficient (Wildman–Crippen LogP) is 4.17. The smallest absolute Gasteiger partial charge is 0.349 e. The number of hydrogen-bond donors (Lipinski definition) is 0. The Morgan fingerprint density at radius 1 is 0.657 bits per heavy atom. The Morgan fingerprint density at radius 3 is 1.29 bits per heavy atom. The number of esters is 2. The van der Waals surface area contributed by atoms with Crippen LogP contribution in [0.1, 0.15) is 43.6 Å². The van der Waals surface area contributed by atoms with Crippen molar-refractivity contribution in [3.8, 4) is 11.5 Å². The van der Waals surface area contributed by atoms with E-state index in [9.17, 15) is 18.0 Å². The first kappa shape index (κ1) is 23.9. The molecular formula is C24H20N2O8S. The van der Waals surface area contributed by atoms with Gasteiger partial charge in [0.1, 0.15) is 34.1 Å². The van der Waals surface area contributed by atoms with E-state index in [1.165, 1.54) is 48.5 Å². The van der Waals surface area contributed by atoms with Crippen LogP contribution in [0.3, 0.4) is 0 Å². The van der Waals surface area contributed by atoms with Crippen molar-refractivity contribution in [1.29, 1.82) is 0 Å². The number of hydrogen-bond acceptors (Lipinski definition) is 10. The maximum absolute atomic E-state index is 13.0. The predicted molar refractivity (Wildman–Crippen MR) is 120 cm³/mol. The minimum atomic E-state index is -3.87. The molecule has 2 aromatic carbocycles. The third-order valence-corrected chi connectivity index (χ3v) is 6.95. The molecule has 0 fully saturated rings. The van der Waals surface area contributed by atoms with E-state index in [4.69, 9.17) is 18.5 Å². The van der Waals surface area contributed by atoms with Gasteiger partial charge in [-0.3, -0.25) is 0 Å². The zero-order valence-electron chi connectivity index (χ0n) is 19.2. The molecule has 0 unspecified atom stereocenters.